The van der Waals surface area contributed by atoms with E-state index in [-0.39, 0.29) is 46.9 Å². The van der Waals surface area contributed by atoms with Crippen LogP contribution in [0.15, 0.2) is 13.9 Å². The molecule has 2 aromatic rings. The van der Waals surface area contributed by atoms with Gasteiger partial charge in [-0.3, -0.25) is 10.0 Å². The van der Waals surface area contributed by atoms with Crippen LogP contribution in [0.4, 0.5) is 0 Å². The average Bonchev–Trinajstić information content (AvgIpc) is 3.38. The second-order valence-corrected chi connectivity index (χ2v) is 10.1. The van der Waals surface area contributed by atoms with Crippen molar-refractivity contribution in [3.63, 3.8) is 0 Å². The molecule has 12 heteroatoms. The lowest BCUT2D eigenvalue weighted by molar-refractivity contribution is -0.129. The number of carbonyl (C=O) groups is 1. The molecule has 0 saturated heterocycles. The van der Waals surface area contributed by atoms with Gasteiger partial charge in [-0.25, -0.2) is 18.6 Å². The summed E-state index contributed by atoms with van der Waals surface area (Å²) in [6.45, 7) is 2.88. The van der Waals surface area contributed by atoms with E-state index >= 15 is 0 Å². The first-order chi connectivity index (χ1) is 15.3. The molecule has 1 saturated carbocycles. The zero-order valence-corrected chi connectivity index (χ0v) is 19.3. The Bertz CT molecular complexity index is 977. The molecule has 1 fully saturated rings. The summed E-state index contributed by atoms with van der Waals surface area (Å²) in [7, 11) is -3.86. The highest BCUT2D eigenvalue weighted by Gasteiger charge is 2.26. The maximum Gasteiger partial charge on any atom is 0.246 e. The van der Waals surface area contributed by atoms with Gasteiger partial charge in [0.15, 0.2) is 11.6 Å². The molecule has 178 valence electrons. The Hall–Kier alpha value is -2.31. The molecule has 32 heavy (non-hydrogen) atoms. The van der Waals surface area contributed by atoms with Crippen molar-refractivity contribution in [1.82, 2.24) is 25.5 Å². The lowest BCUT2D eigenvalue weighted by Crippen LogP contribution is -2.25. The number of sulfonamides is 1. The molecule has 0 aromatic carbocycles. The summed E-state index contributed by atoms with van der Waals surface area (Å²) in [5.41, 5.74) is 1.91. The Labute approximate surface area is 187 Å². The predicted octanol–water partition coefficient (Wildman–Crippen LogP) is 2.88. The lowest BCUT2D eigenvalue weighted by atomic mass is 9.84. The minimum atomic E-state index is -3.86. The van der Waals surface area contributed by atoms with Gasteiger partial charge >= 0.3 is 0 Å². The molecular formula is C20H31N5O6S. The van der Waals surface area contributed by atoms with Gasteiger partial charge in [0.2, 0.25) is 21.8 Å². The zero-order chi connectivity index (χ0) is 23.1. The molecule has 0 radical (unpaired) electrons. The SMILES string of the molecule is Cc1noc(C)c1S(=O)(=O)NCc1noc([C@@H](CCCC2CCCCC2)CC(=O)NO)n1. The molecule has 3 N–H and O–H groups in total. The average molecular weight is 470 g/mol. The topological polar surface area (TPSA) is 160 Å². The van der Waals surface area contributed by atoms with Gasteiger partial charge in [-0.1, -0.05) is 55.3 Å². The van der Waals surface area contributed by atoms with Gasteiger partial charge in [-0.2, -0.15) is 4.98 Å². The van der Waals surface area contributed by atoms with E-state index in [0.29, 0.717) is 12.3 Å². The Morgan fingerprint density at radius 2 is 1.94 bits per heavy atom. The second kappa shape index (κ2) is 11.0. The quantitative estimate of drug-likeness (QED) is 0.332. The number of hydroxylamine groups is 1. The summed E-state index contributed by atoms with van der Waals surface area (Å²) >= 11 is 0. The molecule has 0 spiro atoms. The molecule has 1 aliphatic rings. The highest BCUT2D eigenvalue weighted by molar-refractivity contribution is 7.89. The van der Waals surface area contributed by atoms with E-state index in [2.05, 4.69) is 20.0 Å². The van der Waals surface area contributed by atoms with Gasteiger partial charge in [-0.05, 0) is 26.2 Å². The molecule has 2 aromatic heterocycles. The van der Waals surface area contributed by atoms with Crippen LogP contribution in [-0.4, -0.2) is 34.8 Å². The fourth-order valence-corrected chi connectivity index (χ4v) is 5.61. The van der Waals surface area contributed by atoms with Gasteiger partial charge < -0.3 is 9.05 Å². The Morgan fingerprint density at radius 3 is 2.59 bits per heavy atom. The fraction of sp³-hybridized carbons (Fsp3) is 0.700. The van der Waals surface area contributed by atoms with E-state index in [0.717, 1.165) is 12.8 Å². The molecular weight excluding hydrogens is 438 g/mol. The number of rotatable bonds is 11. The number of nitrogens with zero attached hydrogens (tertiary/aromatic N) is 3. The highest BCUT2D eigenvalue weighted by Crippen LogP contribution is 2.31. The summed E-state index contributed by atoms with van der Waals surface area (Å²) in [4.78, 5) is 16.0. The van der Waals surface area contributed by atoms with Crippen LogP contribution >= 0.6 is 0 Å². The van der Waals surface area contributed by atoms with Crippen LogP contribution in [0.2, 0.25) is 0 Å². The number of carbonyl (C=O) groups excluding carboxylic acids is 1. The fourth-order valence-electron chi connectivity index (χ4n) is 4.31. The van der Waals surface area contributed by atoms with Gasteiger partial charge in [0.05, 0.1) is 6.54 Å². The van der Waals surface area contributed by atoms with Crippen molar-refractivity contribution >= 4 is 15.9 Å². The van der Waals surface area contributed by atoms with Crippen LogP contribution in [-0.2, 0) is 21.4 Å². The van der Waals surface area contributed by atoms with Crippen LogP contribution in [0.3, 0.4) is 0 Å². The normalized spacial score (nSPS) is 16.2. The van der Waals surface area contributed by atoms with Crippen molar-refractivity contribution in [3.05, 3.63) is 23.2 Å². The maximum absolute atomic E-state index is 12.5. The summed E-state index contributed by atoms with van der Waals surface area (Å²) in [6.07, 6.45) is 9.01. The summed E-state index contributed by atoms with van der Waals surface area (Å²) < 4.78 is 37.8. The molecule has 0 unspecified atom stereocenters. The molecule has 1 aliphatic carbocycles. The largest absolute Gasteiger partial charge is 0.360 e. The molecule has 11 nitrogen and oxygen atoms in total. The molecule has 1 amide bonds. The summed E-state index contributed by atoms with van der Waals surface area (Å²) in [5.74, 6) is 0.420. The first-order valence-corrected chi connectivity index (χ1v) is 12.5. The molecule has 0 bridgehead atoms. The van der Waals surface area contributed by atoms with Gasteiger partial charge in [0, 0.05) is 12.3 Å². The number of hydrogen-bond acceptors (Lipinski definition) is 9. The number of nitrogens with one attached hydrogen (secondary N) is 2. The summed E-state index contributed by atoms with van der Waals surface area (Å²) in [5, 5.41) is 16.4. The Kier molecular flexibility index (Phi) is 8.38. The number of amides is 1. The third-order valence-electron chi connectivity index (χ3n) is 5.94. The van der Waals surface area contributed by atoms with Crippen LogP contribution in [0.1, 0.15) is 86.9 Å². The minimum absolute atomic E-state index is 0.00755. The van der Waals surface area contributed by atoms with Crippen molar-refractivity contribution in [3.8, 4) is 0 Å². The highest BCUT2D eigenvalue weighted by atomic mass is 32.2. The first-order valence-electron chi connectivity index (χ1n) is 11.0. The monoisotopic (exact) mass is 469 g/mol. The summed E-state index contributed by atoms with van der Waals surface area (Å²) in [6, 6.07) is 0. The number of aryl methyl sites for hydroxylation is 2. The van der Waals surface area contributed by atoms with Crippen LogP contribution in [0.25, 0.3) is 0 Å². The van der Waals surface area contributed by atoms with E-state index < -0.39 is 15.9 Å². The maximum atomic E-state index is 12.5. The number of hydrogen-bond donors (Lipinski definition) is 3. The Morgan fingerprint density at radius 1 is 1.19 bits per heavy atom. The van der Waals surface area contributed by atoms with Crippen molar-refractivity contribution in [1.29, 1.82) is 0 Å². The Balaban J connectivity index is 1.61. The van der Waals surface area contributed by atoms with E-state index in [1.54, 1.807) is 12.4 Å². The van der Waals surface area contributed by atoms with Crippen LogP contribution < -0.4 is 10.2 Å². The van der Waals surface area contributed by atoms with Crippen LogP contribution in [0.5, 0.6) is 0 Å². The number of aromatic nitrogens is 3. The first kappa shape index (κ1) is 24.3. The standard InChI is InChI=1S/C20H31N5O6S/c1-13-19(14(2)30-24-13)32(28,29)21-12-17-22-20(31-25-17)16(11-18(26)23-27)10-6-9-15-7-4-3-5-8-15/h15-16,21,27H,3-12H2,1-2H3,(H,23,26)/t16-/m0/s1. The predicted molar refractivity (Wildman–Crippen MR) is 112 cm³/mol. The van der Waals surface area contributed by atoms with E-state index in [1.807, 2.05) is 0 Å². The van der Waals surface area contributed by atoms with Gasteiger partial charge in [0.1, 0.15) is 10.6 Å². The van der Waals surface area contributed by atoms with E-state index in [9.17, 15) is 13.2 Å². The molecule has 3 rings (SSSR count). The minimum Gasteiger partial charge on any atom is -0.360 e. The van der Waals surface area contributed by atoms with Crippen molar-refractivity contribution in [2.24, 2.45) is 5.92 Å². The van der Waals surface area contributed by atoms with Crippen molar-refractivity contribution in [2.45, 2.75) is 89.0 Å². The molecule has 2 heterocycles. The smallest absolute Gasteiger partial charge is 0.246 e. The van der Waals surface area contributed by atoms with Crippen molar-refractivity contribution in [2.75, 3.05) is 0 Å². The molecule has 1 atom stereocenters. The lowest BCUT2D eigenvalue weighted by Gasteiger charge is -2.22. The van der Waals surface area contributed by atoms with Gasteiger partial charge in [-0.15, -0.1) is 0 Å². The second-order valence-electron chi connectivity index (χ2n) is 8.40. The third-order valence-corrected chi connectivity index (χ3v) is 7.58. The molecule has 0 aliphatic heterocycles. The van der Waals surface area contributed by atoms with Crippen molar-refractivity contribution < 1.29 is 27.5 Å². The zero-order valence-electron chi connectivity index (χ0n) is 18.5. The van der Waals surface area contributed by atoms with E-state index in [1.165, 1.54) is 39.0 Å². The van der Waals surface area contributed by atoms with E-state index in [4.69, 9.17) is 14.3 Å². The van der Waals surface area contributed by atoms with Crippen LogP contribution in [0, 0.1) is 19.8 Å². The van der Waals surface area contributed by atoms with Gasteiger partial charge in [0.25, 0.3) is 0 Å². The third kappa shape index (κ3) is 6.36.